The number of aliphatic hydroxyl groups is 1. The van der Waals surface area contributed by atoms with E-state index >= 15 is 0 Å². The van der Waals surface area contributed by atoms with Gasteiger partial charge in [0.15, 0.2) is 11.5 Å². The minimum Gasteiger partial charge on any atom is -0.505 e. The maximum atomic E-state index is 14.4. The van der Waals surface area contributed by atoms with Crippen LogP contribution >= 0.6 is 67.8 Å². The van der Waals surface area contributed by atoms with Crippen LogP contribution in [0.15, 0.2) is 23.5 Å². The Balaban J connectivity index is 1.71. The highest BCUT2D eigenvalue weighted by molar-refractivity contribution is 14.1. The molecule has 0 aromatic heterocycles. The number of aliphatic hydroxyl groups excluding tert-OH is 1. The fourth-order valence-corrected chi connectivity index (χ4v) is 14.5. The predicted molar refractivity (Wildman–Crippen MR) is 162 cm³/mol. The highest BCUT2D eigenvalue weighted by Gasteiger charge is 2.74. The topological polar surface area (TPSA) is 54.4 Å². The normalized spacial score (nSPS) is 54.1. The first-order chi connectivity index (χ1) is 15.4. The summed E-state index contributed by atoms with van der Waals surface area (Å²) in [7, 11) is 0. The summed E-state index contributed by atoms with van der Waals surface area (Å²) in [6.45, 7) is 13.7. The maximum Gasteiger partial charge on any atom is 0.212 e. The zero-order valence-corrected chi connectivity index (χ0v) is 27.6. The van der Waals surface area contributed by atoms with Gasteiger partial charge in [0.1, 0.15) is 3.42 Å². The number of carbonyl (C=O) groups excluding carboxylic acids is 2. The fourth-order valence-electron chi connectivity index (χ4n) is 9.10. The molecule has 0 heterocycles. The van der Waals surface area contributed by atoms with E-state index < -0.39 is 12.3 Å². The number of halogens is 3. The van der Waals surface area contributed by atoms with Crippen LogP contribution in [0.2, 0.25) is 0 Å². The van der Waals surface area contributed by atoms with E-state index in [0.29, 0.717) is 0 Å². The summed E-state index contributed by atoms with van der Waals surface area (Å²) >= 11 is 7.61. The van der Waals surface area contributed by atoms with Crippen LogP contribution < -0.4 is 0 Å². The maximum absolute atomic E-state index is 14.4. The molecule has 0 aromatic rings. The number of hydrogen-bond acceptors (Lipinski definition) is 3. The Bertz CT molecular complexity index is 1060. The summed E-state index contributed by atoms with van der Waals surface area (Å²) in [4.78, 5) is 27.4. The lowest BCUT2D eigenvalue weighted by atomic mass is 9.39. The number of alkyl halides is 3. The van der Waals surface area contributed by atoms with E-state index in [2.05, 4.69) is 102 Å². The van der Waals surface area contributed by atoms with Gasteiger partial charge in [-0.05, 0) is 92.1 Å². The molecule has 0 saturated heterocycles. The van der Waals surface area contributed by atoms with E-state index in [1.54, 1.807) is 6.08 Å². The van der Waals surface area contributed by atoms with Gasteiger partial charge in [-0.1, -0.05) is 108 Å². The third kappa shape index (κ3) is 3.02. The molecular weight excluding hydrogens is 765 g/mol. The van der Waals surface area contributed by atoms with Crippen LogP contribution in [0, 0.1) is 33.5 Å². The molecule has 6 heteroatoms. The van der Waals surface area contributed by atoms with Crippen molar-refractivity contribution in [2.24, 2.45) is 33.5 Å². The second-order valence-corrected chi connectivity index (χ2v) is 19.4. The molecule has 0 aromatic carbocycles. The van der Waals surface area contributed by atoms with Crippen molar-refractivity contribution in [2.45, 2.75) is 96.8 Å². The van der Waals surface area contributed by atoms with Crippen molar-refractivity contribution >= 4 is 79.3 Å². The summed E-state index contributed by atoms with van der Waals surface area (Å²) in [6, 6.07) is 0. The number of ketones is 2. The van der Waals surface area contributed by atoms with E-state index in [9.17, 15) is 14.7 Å². The van der Waals surface area contributed by atoms with Crippen molar-refractivity contribution in [2.75, 3.05) is 0 Å². The molecule has 3 fully saturated rings. The highest BCUT2D eigenvalue weighted by Crippen LogP contribution is 2.76. The zero-order valence-electron chi connectivity index (χ0n) is 21.2. The van der Waals surface area contributed by atoms with Gasteiger partial charge in [0.05, 0.1) is 6.84 Å². The minimum atomic E-state index is -0.668. The van der Waals surface area contributed by atoms with Crippen molar-refractivity contribution in [3.63, 3.8) is 0 Å². The van der Waals surface area contributed by atoms with Crippen molar-refractivity contribution in [1.82, 2.24) is 0 Å². The molecule has 0 radical (unpaired) electrons. The Morgan fingerprint density at radius 2 is 1.50 bits per heavy atom. The molecule has 5 rings (SSSR count). The lowest BCUT2D eigenvalue weighted by Gasteiger charge is -2.70. The van der Waals surface area contributed by atoms with Gasteiger partial charge in [0.25, 0.3) is 0 Å². The smallest absolute Gasteiger partial charge is 0.212 e. The SMILES string of the molecule is CC1(C)CCC2(C)CCC3C4(C)CCC5C(C)(I)C(=O)C(O)=CC5(C)C4=CC(=O)C3(I)C2(I)C1. The van der Waals surface area contributed by atoms with E-state index in [1.807, 2.05) is 13.0 Å². The summed E-state index contributed by atoms with van der Waals surface area (Å²) < 4.78 is -1.21. The molecule has 0 amide bonds. The fraction of sp³-hybridized carbons (Fsp3) is 0.786. The first-order valence-corrected chi connectivity index (χ1v) is 15.9. The van der Waals surface area contributed by atoms with Gasteiger partial charge in [-0.15, -0.1) is 0 Å². The van der Waals surface area contributed by atoms with Crippen LogP contribution in [0.25, 0.3) is 0 Å². The molecule has 0 spiro atoms. The van der Waals surface area contributed by atoms with Gasteiger partial charge in [0.2, 0.25) is 5.78 Å². The van der Waals surface area contributed by atoms with Crippen LogP contribution in [-0.2, 0) is 9.59 Å². The Kier molecular flexibility index (Phi) is 5.80. The summed E-state index contributed by atoms with van der Waals surface area (Å²) in [5.74, 6) is 0.307. The van der Waals surface area contributed by atoms with Crippen LogP contribution in [0.5, 0.6) is 0 Å². The Morgan fingerprint density at radius 1 is 0.882 bits per heavy atom. The number of rotatable bonds is 0. The van der Waals surface area contributed by atoms with Crippen LogP contribution in [0.1, 0.15) is 86.5 Å². The predicted octanol–water partition coefficient (Wildman–Crippen LogP) is 8.11. The number of allylic oxidation sites excluding steroid dienone is 4. The first kappa shape index (κ1) is 26.4. The number of carbonyl (C=O) groups is 2. The van der Waals surface area contributed by atoms with Crippen molar-refractivity contribution in [3.8, 4) is 0 Å². The third-order valence-electron chi connectivity index (χ3n) is 11.1. The second-order valence-electron chi connectivity index (χ2n) is 13.7. The van der Waals surface area contributed by atoms with Gasteiger partial charge in [-0.3, -0.25) is 9.59 Å². The van der Waals surface area contributed by atoms with Gasteiger partial charge in [-0.25, -0.2) is 0 Å². The first-order valence-electron chi connectivity index (χ1n) is 12.7. The number of hydrogen-bond donors (Lipinski definition) is 1. The summed E-state index contributed by atoms with van der Waals surface area (Å²) in [6.07, 6.45) is 11.5. The van der Waals surface area contributed by atoms with E-state index in [1.165, 1.54) is 24.8 Å². The van der Waals surface area contributed by atoms with Crippen LogP contribution in [0.3, 0.4) is 0 Å². The molecule has 8 unspecified atom stereocenters. The van der Waals surface area contributed by atoms with Crippen molar-refractivity contribution in [1.29, 1.82) is 0 Å². The average Bonchev–Trinajstić information content (AvgIpc) is 2.70. The Morgan fingerprint density at radius 3 is 2.15 bits per heavy atom. The Labute approximate surface area is 245 Å². The molecule has 188 valence electrons. The van der Waals surface area contributed by atoms with Gasteiger partial charge < -0.3 is 5.11 Å². The lowest BCUT2D eigenvalue weighted by molar-refractivity contribution is -0.130. The average molecular weight is 802 g/mol. The molecule has 5 aliphatic rings. The van der Waals surface area contributed by atoms with E-state index in [-0.39, 0.29) is 48.8 Å². The molecule has 0 aliphatic heterocycles. The van der Waals surface area contributed by atoms with Gasteiger partial charge in [0, 0.05) is 5.41 Å². The summed E-state index contributed by atoms with van der Waals surface area (Å²) in [5, 5.41) is 10.7. The molecule has 8 atom stereocenters. The largest absolute Gasteiger partial charge is 0.505 e. The van der Waals surface area contributed by atoms with Crippen LogP contribution in [-0.4, -0.2) is 26.9 Å². The lowest BCUT2D eigenvalue weighted by Crippen LogP contribution is -2.73. The second kappa shape index (κ2) is 7.47. The van der Waals surface area contributed by atoms with Crippen molar-refractivity contribution in [3.05, 3.63) is 23.5 Å². The van der Waals surface area contributed by atoms with E-state index in [4.69, 9.17) is 0 Å². The molecular formula is C28H37I3O3. The minimum absolute atomic E-state index is 0.0777. The number of fused-ring (bicyclic) bond motifs is 7. The molecule has 1 N–H and O–H groups in total. The molecule has 3 nitrogen and oxygen atoms in total. The van der Waals surface area contributed by atoms with Gasteiger partial charge >= 0.3 is 0 Å². The summed E-state index contributed by atoms with van der Waals surface area (Å²) in [5.41, 5.74) is 0.955. The quantitative estimate of drug-likeness (QED) is 0.199. The molecule has 34 heavy (non-hydrogen) atoms. The van der Waals surface area contributed by atoms with E-state index in [0.717, 1.165) is 25.7 Å². The number of Topliss-reactive ketones (excluding diaryl/α,β-unsaturated/α-hetero) is 1. The highest BCUT2D eigenvalue weighted by atomic mass is 127. The molecule has 5 aliphatic carbocycles. The van der Waals surface area contributed by atoms with Gasteiger partial charge in [-0.2, -0.15) is 0 Å². The zero-order chi connectivity index (χ0) is 25.3. The Hall–Kier alpha value is 0.810. The standard InChI is InChI=1S/C28H37I3O3/c1-22(2)11-12-23(3)9-7-18-24(4)10-8-17-25(5,14-16(32)21(34)26(17,6)29)19(24)13-20(33)28(18,31)27(23,30)15-22/h13-14,17-18,32H,7-12,15H2,1-6H3. The monoisotopic (exact) mass is 802 g/mol. The molecule has 3 saturated carbocycles. The van der Waals surface area contributed by atoms with Crippen molar-refractivity contribution < 1.29 is 14.7 Å². The molecule has 0 bridgehead atoms. The van der Waals surface area contributed by atoms with Crippen LogP contribution in [0.4, 0.5) is 0 Å². The third-order valence-corrected chi connectivity index (χ3v) is 18.1.